The van der Waals surface area contributed by atoms with Crippen LogP contribution >= 0.6 is 0 Å². The molecule has 2 saturated heterocycles. The normalized spacial score (nSPS) is 24.6. The number of halogens is 3. The first kappa shape index (κ1) is 52.8. The standard InChI is InChI=1S/C49H66F3N11O8/c1-29(2)61(3)34-8-10-40(63-17-11-38(48(63)69)59-45-35-24-32(49(50,51)52)7-9-37(35)56-28-57-45)39(25-34)60-46(67)31-22-33(23-31)58-42(65)13-19-71-20-15-54-41(64)12-18-70-21-16-55-47(68)36-26-43(66)62(4)44(36)30-6-5-14-53-27-30/h5-7,9,14,24,27-29,31,33-34,36,38-40,44H,8,10-13,15-23,25-26H2,1-4H3,(H,54,64)(H,55,68)(H,58,65)(H,60,67)(H,56,57,59)/t31?,33?,34-,36+,38+,39-,40+,44-/m1/s1. The SMILES string of the molecule is CC(C)N(C)[C@@H]1CC[C@H](N2CC[C@H](Nc3ncnc4ccc(C(F)(F)F)cc34)C2=O)[C@H](NC(=O)C2CC(NC(=O)CCOCCNC(=O)CCOCCNC(=O)[C@H]3CC(=O)N(C)[C@@H]3c3cccnc3)C2)C1. The molecule has 2 aliphatic heterocycles. The van der Waals surface area contributed by atoms with Crippen LogP contribution in [0.25, 0.3) is 10.9 Å². The maximum Gasteiger partial charge on any atom is 0.416 e. The van der Waals surface area contributed by atoms with Gasteiger partial charge in [0.1, 0.15) is 18.2 Å². The fourth-order valence-corrected chi connectivity index (χ4v) is 10.1. The van der Waals surface area contributed by atoms with Crippen LogP contribution in [0.1, 0.15) is 88.8 Å². The summed E-state index contributed by atoms with van der Waals surface area (Å²) in [5.41, 5.74) is 0.275. The molecule has 0 bridgehead atoms. The highest BCUT2D eigenvalue weighted by Gasteiger charge is 2.46. The Hall–Kier alpha value is -6.00. The lowest BCUT2D eigenvalue weighted by Crippen LogP contribution is -2.60. The number of anilines is 1. The smallest absolute Gasteiger partial charge is 0.379 e. The van der Waals surface area contributed by atoms with E-state index in [0.717, 1.165) is 24.1 Å². The lowest BCUT2D eigenvalue weighted by Gasteiger charge is -2.45. The number of fused-ring (bicyclic) bond motifs is 1. The van der Waals surface area contributed by atoms with Crippen molar-refractivity contribution in [3.05, 3.63) is 60.2 Å². The zero-order valence-electron chi connectivity index (χ0n) is 40.7. The monoisotopic (exact) mass is 994 g/mol. The summed E-state index contributed by atoms with van der Waals surface area (Å²) in [5.74, 6) is -1.83. The zero-order valence-corrected chi connectivity index (χ0v) is 40.7. The maximum atomic E-state index is 14.0. The number of pyridine rings is 1. The summed E-state index contributed by atoms with van der Waals surface area (Å²) in [5, 5.41) is 15.1. The first-order valence-electron chi connectivity index (χ1n) is 24.5. The van der Waals surface area contributed by atoms with E-state index >= 15 is 0 Å². The summed E-state index contributed by atoms with van der Waals surface area (Å²) in [6.07, 6.45) is 3.79. The van der Waals surface area contributed by atoms with E-state index in [1.165, 1.54) is 12.4 Å². The van der Waals surface area contributed by atoms with Gasteiger partial charge in [-0.2, -0.15) is 13.2 Å². The minimum atomic E-state index is -4.56. The molecule has 0 radical (unpaired) electrons. The number of alkyl halides is 3. The molecule has 19 nitrogen and oxygen atoms in total. The average molecular weight is 994 g/mol. The first-order chi connectivity index (χ1) is 34.0. The fourth-order valence-electron chi connectivity index (χ4n) is 10.1. The number of hydrogen-bond donors (Lipinski definition) is 5. The molecule has 4 heterocycles. The molecule has 6 amide bonds. The zero-order chi connectivity index (χ0) is 50.8. The molecule has 0 unspecified atom stereocenters. The van der Waals surface area contributed by atoms with Gasteiger partial charge in [-0.3, -0.25) is 33.8 Å². The van der Waals surface area contributed by atoms with Crippen LogP contribution in [-0.4, -0.2) is 162 Å². The molecule has 2 aromatic heterocycles. The van der Waals surface area contributed by atoms with Crippen molar-refractivity contribution in [1.29, 1.82) is 0 Å². The van der Waals surface area contributed by atoms with Crippen LogP contribution in [-0.2, 0) is 44.4 Å². The number of rotatable bonds is 22. The molecule has 2 saturated carbocycles. The summed E-state index contributed by atoms with van der Waals surface area (Å²) in [7, 11) is 3.74. The third kappa shape index (κ3) is 13.5. The van der Waals surface area contributed by atoms with Crippen LogP contribution in [0.2, 0.25) is 0 Å². The van der Waals surface area contributed by atoms with E-state index in [1.54, 1.807) is 35.3 Å². The number of aromatic nitrogens is 3. The highest BCUT2D eigenvalue weighted by Crippen LogP contribution is 2.38. The van der Waals surface area contributed by atoms with E-state index in [-0.39, 0.29) is 142 Å². The molecule has 71 heavy (non-hydrogen) atoms. The van der Waals surface area contributed by atoms with Gasteiger partial charge in [0.15, 0.2) is 0 Å². The number of nitrogens with one attached hydrogen (secondary N) is 5. The number of carbonyl (C=O) groups is 6. The number of amides is 6. The number of ether oxygens (including phenoxy) is 2. The topological polar surface area (TPSA) is 229 Å². The molecule has 22 heteroatoms. The highest BCUT2D eigenvalue weighted by molar-refractivity contribution is 5.94. The van der Waals surface area contributed by atoms with Crippen molar-refractivity contribution in [2.75, 3.05) is 65.5 Å². The van der Waals surface area contributed by atoms with Gasteiger partial charge in [0, 0.05) is 87.8 Å². The Labute approximate surface area is 411 Å². The second kappa shape index (κ2) is 23.9. The molecule has 3 aromatic rings. The minimum Gasteiger partial charge on any atom is -0.379 e. The Morgan fingerprint density at radius 2 is 1.62 bits per heavy atom. The van der Waals surface area contributed by atoms with E-state index in [9.17, 15) is 41.9 Å². The number of hydrogen-bond acceptors (Lipinski definition) is 13. The molecule has 1 aromatic carbocycles. The maximum absolute atomic E-state index is 14.0. The molecule has 7 rings (SSSR count). The van der Waals surface area contributed by atoms with Crippen molar-refractivity contribution in [2.45, 2.75) is 120 Å². The third-order valence-electron chi connectivity index (χ3n) is 14.3. The van der Waals surface area contributed by atoms with E-state index < -0.39 is 29.7 Å². The summed E-state index contributed by atoms with van der Waals surface area (Å²) >= 11 is 0. The van der Waals surface area contributed by atoms with E-state index in [2.05, 4.69) is 67.3 Å². The number of likely N-dealkylation sites (tertiary alicyclic amines) is 2. The molecule has 4 aliphatic rings. The van der Waals surface area contributed by atoms with Gasteiger partial charge in [0.2, 0.25) is 35.4 Å². The Kier molecular flexibility index (Phi) is 17.8. The van der Waals surface area contributed by atoms with Crippen molar-refractivity contribution in [3.63, 3.8) is 0 Å². The molecule has 386 valence electrons. The van der Waals surface area contributed by atoms with Gasteiger partial charge in [-0.1, -0.05) is 6.07 Å². The van der Waals surface area contributed by atoms with Crippen LogP contribution in [0.15, 0.2) is 49.1 Å². The van der Waals surface area contributed by atoms with Gasteiger partial charge in [-0.25, -0.2) is 9.97 Å². The van der Waals surface area contributed by atoms with Crippen LogP contribution in [0, 0.1) is 11.8 Å². The quantitative estimate of drug-likeness (QED) is 0.0914. The molecular formula is C49H66F3N11O8. The van der Waals surface area contributed by atoms with Gasteiger partial charge < -0.3 is 50.8 Å². The highest BCUT2D eigenvalue weighted by atomic mass is 19.4. The minimum absolute atomic E-state index is 0.109. The van der Waals surface area contributed by atoms with Gasteiger partial charge in [0.05, 0.1) is 61.6 Å². The summed E-state index contributed by atoms with van der Waals surface area (Å²) in [6.45, 7) is 5.82. The van der Waals surface area contributed by atoms with Crippen molar-refractivity contribution in [1.82, 2.24) is 50.9 Å². The predicted molar refractivity (Wildman–Crippen MR) is 254 cm³/mol. The van der Waals surface area contributed by atoms with Gasteiger partial charge in [-0.05, 0) is 89.2 Å². The van der Waals surface area contributed by atoms with E-state index in [4.69, 9.17) is 9.47 Å². The van der Waals surface area contributed by atoms with Crippen LogP contribution in [0.4, 0.5) is 19.0 Å². The van der Waals surface area contributed by atoms with Crippen molar-refractivity contribution in [3.8, 4) is 0 Å². The third-order valence-corrected chi connectivity index (χ3v) is 14.3. The Morgan fingerprint density at radius 1 is 0.887 bits per heavy atom. The molecule has 2 aliphatic carbocycles. The van der Waals surface area contributed by atoms with Gasteiger partial charge in [0.25, 0.3) is 0 Å². The molecule has 6 atom stereocenters. The fraction of sp³-hybridized carbons (Fsp3) is 0.612. The second-order valence-electron chi connectivity index (χ2n) is 19.2. The van der Waals surface area contributed by atoms with E-state index in [1.807, 2.05) is 6.07 Å². The number of carbonyl (C=O) groups excluding carboxylic acids is 6. The van der Waals surface area contributed by atoms with Gasteiger partial charge >= 0.3 is 6.18 Å². The lowest BCUT2D eigenvalue weighted by molar-refractivity contribution is -0.137. The molecule has 4 fully saturated rings. The van der Waals surface area contributed by atoms with Gasteiger partial charge in [-0.15, -0.1) is 0 Å². The summed E-state index contributed by atoms with van der Waals surface area (Å²) < 4.78 is 51.8. The molecular weight excluding hydrogens is 928 g/mol. The van der Waals surface area contributed by atoms with Crippen LogP contribution in [0.3, 0.4) is 0 Å². The molecule has 0 spiro atoms. The lowest BCUT2D eigenvalue weighted by atomic mass is 9.78. The summed E-state index contributed by atoms with van der Waals surface area (Å²) in [6, 6.07) is 5.41. The Morgan fingerprint density at radius 3 is 2.32 bits per heavy atom. The van der Waals surface area contributed by atoms with Crippen LogP contribution < -0.4 is 26.6 Å². The Bertz CT molecular complexity index is 2360. The van der Waals surface area contributed by atoms with Crippen molar-refractivity contribution >= 4 is 52.2 Å². The predicted octanol–water partition coefficient (Wildman–Crippen LogP) is 2.96. The molecule has 5 N–H and O–H groups in total. The van der Waals surface area contributed by atoms with Crippen LogP contribution in [0.5, 0.6) is 0 Å². The van der Waals surface area contributed by atoms with E-state index in [0.29, 0.717) is 44.2 Å². The average Bonchev–Trinajstić information content (AvgIpc) is 3.85. The van der Waals surface area contributed by atoms with Crippen molar-refractivity contribution < 1.29 is 51.4 Å². The first-order valence-corrected chi connectivity index (χ1v) is 24.5. The number of benzene rings is 1. The largest absolute Gasteiger partial charge is 0.416 e. The summed E-state index contributed by atoms with van der Waals surface area (Å²) in [4.78, 5) is 96.0. The van der Waals surface area contributed by atoms with Crippen molar-refractivity contribution in [2.24, 2.45) is 11.8 Å². The number of nitrogens with zero attached hydrogens (tertiary/aromatic N) is 6. The second-order valence-corrected chi connectivity index (χ2v) is 19.2. The Balaban J connectivity index is 0.769.